The molecule has 1 fully saturated rings. The van der Waals surface area contributed by atoms with Crippen LogP contribution in [0.3, 0.4) is 0 Å². The van der Waals surface area contributed by atoms with Crippen molar-refractivity contribution in [3.05, 3.63) is 60.2 Å². The van der Waals surface area contributed by atoms with Crippen LogP contribution in [-0.4, -0.2) is 50.2 Å². The maximum Gasteiger partial charge on any atom is 0.315 e. The van der Waals surface area contributed by atoms with E-state index in [9.17, 15) is 4.79 Å². The molecule has 138 valence electrons. The van der Waals surface area contributed by atoms with E-state index in [2.05, 4.69) is 57.2 Å². The summed E-state index contributed by atoms with van der Waals surface area (Å²) >= 11 is 0. The van der Waals surface area contributed by atoms with Crippen LogP contribution >= 0.6 is 0 Å². The predicted molar refractivity (Wildman–Crippen MR) is 106 cm³/mol. The molecule has 1 atom stereocenters. The van der Waals surface area contributed by atoms with Crippen molar-refractivity contribution in [1.29, 1.82) is 0 Å². The molecule has 5 heteroatoms. The number of nitrogens with one attached hydrogen (secondary N) is 3. The topological polar surface area (TPSA) is 56.4 Å². The van der Waals surface area contributed by atoms with Gasteiger partial charge in [-0.3, -0.25) is 4.90 Å². The quantitative estimate of drug-likeness (QED) is 0.749. The smallest absolute Gasteiger partial charge is 0.315 e. The van der Waals surface area contributed by atoms with E-state index in [1.54, 1.807) is 0 Å². The molecule has 0 bridgehead atoms. The zero-order chi connectivity index (χ0) is 18.2. The van der Waals surface area contributed by atoms with Crippen molar-refractivity contribution >= 4 is 6.03 Å². The fraction of sp³-hybridized carbons (Fsp3) is 0.381. The van der Waals surface area contributed by atoms with Crippen LogP contribution in [0, 0.1) is 0 Å². The Morgan fingerprint density at radius 2 is 1.69 bits per heavy atom. The molecule has 0 radical (unpaired) electrons. The summed E-state index contributed by atoms with van der Waals surface area (Å²) in [5.41, 5.74) is 3.48. The van der Waals surface area contributed by atoms with Gasteiger partial charge in [0.15, 0.2) is 0 Å². The van der Waals surface area contributed by atoms with Crippen LogP contribution in [0.4, 0.5) is 4.79 Å². The molecule has 0 aliphatic carbocycles. The number of piperazine rings is 1. The highest BCUT2D eigenvalue weighted by atomic mass is 16.2. The number of carbonyl (C=O) groups excluding carboxylic acids is 1. The van der Waals surface area contributed by atoms with E-state index in [0.717, 1.165) is 38.3 Å². The van der Waals surface area contributed by atoms with Crippen LogP contribution in [0.25, 0.3) is 11.1 Å². The number of hydrogen-bond donors (Lipinski definition) is 3. The van der Waals surface area contributed by atoms with Gasteiger partial charge in [-0.1, -0.05) is 54.6 Å². The maximum atomic E-state index is 12.1. The van der Waals surface area contributed by atoms with Gasteiger partial charge >= 0.3 is 6.03 Å². The van der Waals surface area contributed by atoms with E-state index >= 15 is 0 Å². The van der Waals surface area contributed by atoms with Crippen LogP contribution in [0.15, 0.2) is 54.6 Å². The summed E-state index contributed by atoms with van der Waals surface area (Å²) < 4.78 is 0. The Bertz CT molecular complexity index is 681. The molecule has 0 aromatic heterocycles. The average Bonchev–Trinajstić information content (AvgIpc) is 2.69. The van der Waals surface area contributed by atoms with Crippen LogP contribution in [0.2, 0.25) is 0 Å². The van der Waals surface area contributed by atoms with Gasteiger partial charge in [0, 0.05) is 39.3 Å². The first-order valence-corrected chi connectivity index (χ1v) is 9.35. The average molecular weight is 352 g/mol. The van der Waals surface area contributed by atoms with Gasteiger partial charge in [-0.25, -0.2) is 4.79 Å². The first kappa shape index (κ1) is 18.4. The van der Waals surface area contributed by atoms with E-state index in [1.165, 1.54) is 11.1 Å². The Hall–Kier alpha value is -2.37. The van der Waals surface area contributed by atoms with Crippen molar-refractivity contribution in [2.45, 2.75) is 13.0 Å². The summed E-state index contributed by atoms with van der Waals surface area (Å²) in [6.45, 7) is 7.74. The molecular formula is C21H28N4O. The molecule has 1 aliphatic rings. The first-order valence-electron chi connectivity index (χ1n) is 9.35. The Labute approximate surface area is 155 Å². The lowest BCUT2D eigenvalue weighted by Gasteiger charge is -2.27. The number of amides is 2. The van der Waals surface area contributed by atoms with Crippen molar-refractivity contribution in [3.63, 3.8) is 0 Å². The van der Waals surface area contributed by atoms with E-state index in [-0.39, 0.29) is 12.1 Å². The maximum absolute atomic E-state index is 12.1. The highest BCUT2D eigenvalue weighted by molar-refractivity contribution is 5.74. The molecule has 1 aliphatic heterocycles. The van der Waals surface area contributed by atoms with Gasteiger partial charge in [0.05, 0.1) is 6.04 Å². The minimum atomic E-state index is -0.111. The summed E-state index contributed by atoms with van der Waals surface area (Å²) in [5.74, 6) is 0. The number of rotatable bonds is 6. The van der Waals surface area contributed by atoms with Crippen LogP contribution in [-0.2, 0) is 0 Å². The number of nitrogens with zero attached hydrogens (tertiary/aromatic N) is 1. The predicted octanol–water partition coefficient (Wildman–Crippen LogP) is 2.62. The van der Waals surface area contributed by atoms with Gasteiger partial charge < -0.3 is 16.0 Å². The van der Waals surface area contributed by atoms with Gasteiger partial charge in [0.25, 0.3) is 0 Å². The highest BCUT2D eigenvalue weighted by Crippen LogP contribution is 2.21. The Morgan fingerprint density at radius 1 is 1.04 bits per heavy atom. The zero-order valence-electron chi connectivity index (χ0n) is 15.4. The Morgan fingerprint density at radius 3 is 2.38 bits per heavy atom. The lowest BCUT2D eigenvalue weighted by atomic mass is 10.0. The molecule has 1 saturated heterocycles. The molecule has 2 amide bonds. The van der Waals surface area contributed by atoms with Crippen molar-refractivity contribution in [2.75, 3.05) is 39.3 Å². The fourth-order valence-corrected chi connectivity index (χ4v) is 3.19. The third kappa shape index (κ3) is 5.31. The van der Waals surface area contributed by atoms with Gasteiger partial charge in [0.2, 0.25) is 0 Å². The second-order valence-corrected chi connectivity index (χ2v) is 6.70. The number of hydrogen-bond acceptors (Lipinski definition) is 3. The van der Waals surface area contributed by atoms with Crippen molar-refractivity contribution in [2.24, 2.45) is 0 Å². The van der Waals surface area contributed by atoms with Crippen LogP contribution < -0.4 is 16.0 Å². The van der Waals surface area contributed by atoms with E-state index in [1.807, 2.05) is 25.1 Å². The highest BCUT2D eigenvalue weighted by Gasteiger charge is 2.11. The fourth-order valence-electron chi connectivity index (χ4n) is 3.19. The van der Waals surface area contributed by atoms with Gasteiger partial charge in [-0.2, -0.15) is 0 Å². The molecule has 0 saturated carbocycles. The molecule has 0 unspecified atom stereocenters. The van der Waals surface area contributed by atoms with E-state index in [4.69, 9.17) is 0 Å². The monoisotopic (exact) mass is 352 g/mol. The minimum absolute atomic E-state index is 0.0287. The standard InChI is InChI=1S/C21H28N4O/c1-17(24-21(26)23-13-16-25-14-11-22-12-15-25)18-7-9-20(10-8-18)19-5-3-2-4-6-19/h2-10,17,22H,11-16H2,1H3,(H2,23,24,26)/t17-/m1/s1. The summed E-state index contributed by atoms with van der Waals surface area (Å²) in [4.78, 5) is 14.5. The lowest BCUT2D eigenvalue weighted by molar-refractivity contribution is 0.225. The molecule has 5 nitrogen and oxygen atoms in total. The number of urea groups is 1. The second kappa shape index (κ2) is 9.36. The third-order valence-corrected chi connectivity index (χ3v) is 4.79. The lowest BCUT2D eigenvalue weighted by Crippen LogP contribution is -2.47. The zero-order valence-corrected chi connectivity index (χ0v) is 15.4. The van der Waals surface area contributed by atoms with Crippen molar-refractivity contribution in [3.8, 4) is 11.1 Å². The third-order valence-electron chi connectivity index (χ3n) is 4.79. The second-order valence-electron chi connectivity index (χ2n) is 6.70. The molecular weight excluding hydrogens is 324 g/mol. The van der Waals surface area contributed by atoms with Crippen LogP contribution in [0.5, 0.6) is 0 Å². The summed E-state index contributed by atoms with van der Waals surface area (Å²) in [7, 11) is 0. The Balaban J connectivity index is 1.45. The number of benzene rings is 2. The van der Waals surface area contributed by atoms with Crippen molar-refractivity contribution in [1.82, 2.24) is 20.9 Å². The normalized spacial score (nSPS) is 16.0. The van der Waals surface area contributed by atoms with E-state index < -0.39 is 0 Å². The van der Waals surface area contributed by atoms with Gasteiger partial charge in [0.1, 0.15) is 0 Å². The summed E-state index contributed by atoms with van der Waals surface area (Å²) in [6, 6.07) is 18.5. The minimum Gasteiger partial charge on any atom is -0.337 e. The molecule has 1 heterocycles. The molecule has 3 rings (SSSR count). The molecule has 2 aromatic rings. The summed E-state index contributed by atoms with van der Waals surface area (Å²) in [5, 5.41) is 9.30. The van der Waals surface area contributed by atoms with Gasteiger partial charge in [-0.15, -0.1) is 0 Å². The molecule has 2 aromatic carbocycles. The van der Waals surface area contributed by atoms with Gasteiger partial charge in [-0.05, 0) is 23.6 Å². The molecule has 3 N–H and O–H groups in total. The van der Waals surface area contributed by atoms with E-state index in [0.29, 0.717) is 6.54 Å². The first-order chi connectivity index (χ1) is 12.7. The SMILES string of the molecule is C[C@@H](NC(=O)NCCN1CCNCC1)c1ccc(-c2ccccc2)cc1. The van der Waals surface area contributed by atoms with Crippen LogP contribution in [0.1, 0.15) is 18.5 Å². The molecule has 26 heavy (non-hydrogen) atoms. The van der Waals surface area contributed by atoms with Crippen molar-refractivity contribution < 1.29 is 4.79 Å². The molecule has 0 spiro atoms. The summed E-state index contributed by atoms with van der Waals surface area (Å²) in [6.07, 6.45) is 0. The number of carbonyl (C=O) groups is 1. The Kier molecular flexibility index (Phi) is 6.63. The largest absolute Gasteiger partial charge is 0.337 e.